The summed E-state index contributed by atoms with van der Waals surface area (Å²) in [6.07, 6.45) is 0.858. The summed E-state index contributed by atoms with van der Waals surface area (Å²) in [5.74, 6) is -0.833. The van der Waals surface area contributed by atoms with Crippen LogP contribution in [0.3, 0.4) is 0 Å². The Hall–Kier alpha value is -1.62. The molecule has 0 aromatic heterocycles. The van der Waals surface area contributed by atoms with Gasteiger partial charge in [0.1, 0.15) is 11.9 Å². The predicted octanol–water partition coefficient (Wildman–Crippen LogP) is 0.855. The first kappa shape index (κ1) is 11.9. The fraction of sp³-hybridized carbons (Fsp3) is 0.417. The number of halogens is 1. The fourth-order valence-electron chi connectivity index (χ4n) is 1.80. The van der Waals surface area contributed by atoms with E-state index in [2.05, 4.69) is 5.32 Å². The van der Waals surface area contributed by atoms with E-state index in [1.54, 1.807) is 6.07 Å². The zero-order chi connectivity index (χ0) is 12.3. The van der Waals surface area contributed by atoms with Gasteiger partial charge >= 0.3 is 5.97 Å². The molecule has 5 heteroatoms. The van der Waals surface area contributed by atoms with E-state index in [1.165, 1.54) is 12.1 Å². The van der Waals surface area contributed by atoms with Crippen LogP contribution in [0.25, 0.3) is 0 Å². The highest BCUT2D eigenvalue weighted by atomic mass is 19.1. The van der Waals surface area contributed by atoms with Crippen molar-refractivity contribution in [3.8, 4) is 0 Å². The number of nitrogen functional groups attached to an aromatic ring is 1. The largest absolute Gasteiger partial charge is 0.461 e. The van der Waals surface area contributed by atoms with Gasteiger partial charge in [0.25, 0.3) is 0 Å². The van der Waals surface area contributed by atoms with E-state index in [9.17, 15) is 9.18 Å². The molecule has 0 spiro atoms. The number of benzene rings is 1. The fourth-order valence-corrected chi connectivity index (χ4v) is 1.80. The van der Waals surface area contributed by atoms with E-state index in [4.69, 9.17) is 10.5 Å². The van der Waals surface area contributed by atoms with Crippen molar-refractivity contribution in [1.82, 2.24) is 5.32 Å². The van der Waals surface area contributed by atoms with Crippen molar-refractivity contribution in [2.45, 2.75) is 18.9 Å². The van der Waals surface area contributed by atoms with Gasteiger partial charge in [0.2, 0.25) is 0 Å². The van der Waals surface area contributed by atoms with Gasteiger partial charge in [-0.15, -0.1) is 0 Å². The minimum absolute atomic E-state index is 0.0545. The maximum absolute atomic E-state index is 13.1. The predicted molar refractivity (Wildman–Crippen MR) is 61.9 cm³/mol. The summed E-state index contributed by atoms with van der Waals surface area (Å²) in [5.41, 5.74) is 6.01. The number of carbonyl (C=O) groups excluding carboxylic acids is 1. The van der Waals surface area contributed by atoms with Crippen molar-refractivity contribution in [3.05, 3.63) is 29.6 Å². The molecule has 0 radical (unpaired) electrons. The standard InChI is InChI=1S/C12H15FN2O2/c13-10-5-8(1-2-11(10)14)6-12(16)17-9-3-4-15-7-9/h1-2,5,9,15H,3-4,6-7,14H2/t9-/m0/s1. The quantitative estimate of drug-likeness (QED) is 0.605. The normalized spacial score (nSPS) is 19.2. The second kappa shape index (κ2) is 5.14. The van der Waals surface area contributed by atoms with Crippen LogP contribution in [0.15, 0.2) is 18.2 Å². The Labute approximate surface area is 98.9 Å². The van der Waals surface area contributed by atoms with Crippen LogP contribution in [-0.2, 0) is 16.0 Å². The zero-order valence-corrected chi connectivity index (χ0v) is 9.41. The molecule has 1 aliphatic rings. The van der Waals surface area contributed by atoms with Crippen LogP contribution in [0.5, 0.6) is 0 Å². The minimum atomic E-state index is -0.502. The maximum atomic E-state index is 13.1. The molecular formula is C12H15FN2O2. The number of hydrogen-bond donors (Lipinski definition) is 2. The number of rotatable bonds is 3. The van der Waals surface area contributed by atoms with Crippen molar-refractivity contribution in [2.75, 3.05) is 18.8 Å². The van der Waals surface area contributed by atoms with Crippen LogP contribution in [0.2, 0.25) is 0 Å². The summed E-state index contributed by atoms with van der Waals surface area (Å²) in [6, 6.07) is 4.35. The molecule has 0 bridgehead atoms. The topological polar surface area (TPSA) is 64.4 Å². The van der Waals surface area contributed by atoms with Crippen molar-refractivity contribution in [3.63, 3.8) is 0 Å². The number of esters is 1. The third kappa shape index (κ3) is 3.17. The van der Waals surface area contributed by atoms with Crippen molar-refractivity contribution < 1.29 is 13.9 Å². The smallest absolute Gasteiger partial charge is 0.310 e. The van der Waals surface area contributed by atoms with Gasteiger partial charge in [0, 0.05) is 6.54 Å². The van der Waals surface area contributed by atoms with Crippen LogP contribution in [0.4, 0.5) is 10.1 Å². The maximum Gasteiger partial charge on any atom is 0.310 e. The van der Waals surface area contributed by atoms with Gasteiger partial charge in [-0.25, -0.2) is 4.39 Å². The number of nitrogens with two attached hydrogens (primary N) is 1. The molecule has 1 aromatic rings. The second-order valence-corrected chi connectivity index (χ2v) is 4.14. The third-order valence-corrected chi connectivity index (χ3v) is 2.73. The van der Waals surface area contributed by atoms with Crippen molar-refractivity contribution >= 4 is 11.7 Å². The van der Waals surface area contributed by atoms with Gasteiger partial charge in [0.05, 0.1) is 12.1 Å². The Kier molecular flexibility index (Phi) is 3.58. The number of carbonyl (C=O) groups is 1. The average Bonchev–Trinajstić information content (AvgIpc) is 2.76. The van der Waals surface area contributed by atoms with Crippen LogP contribution < -0.4 is 11.1 Å². The molecule has 3 N–H and O–H groups in total. The molecule has 1 heterocycles. The molecule has 1 saturated heterocycles. The molecule has 1 fully saturated rings. The second-order valence-electron chi connectivity index (χ2n) is 4.14. The van der Waals surface area contributed by atoms with Crippen molar-refractivity contribution in [2.24, 2.45) is 0 Å². The Morgan fingerprint density at radius 3 is 3.06 bits per heavy atom. The van der Waals surface area contributed by atoms with Crippen molar-refractivity contribution in [1.29, 1.82) is 0 Å². The molecule has 1 aliphatic heterocycles. The van der Waals surface area contributed by atoms with E-state index >= 15 is 0 Å². The zero-order valence-electron chi connectivity index (χ0n) is 9.41. The Morgan fingerprint density at radius 2 is 2.41 bits per heavy atom. The van der Waals surface area contributed by atoms with E-state index in [-0.39, 0.29) is 24.2 Å². The monoisotopic (exact) mass is 238 g/mol. The van der Waals surface area contributed by atoms with E-state index in [0.29, 0.717) is 12.1 Å². The molecule has 1 atom stereocenters. The Bertz CT molecular complexity index is 417. The van der Waals surface area contributed by atoms with Gasteiger partial charge in [-0.2, -0.15) is 0 Å². The van der Waals surface area contributed by atoms with Crippen LogP contribution in [0.1, 0.15) is 12.0 Å². The van der Waals surface area contributed by atoms with Crippen LogP contribution in [-0.4, -0.2) is 25.2 Å². The Balaban J connectivity index is 1.90. The molecule has 0 aliphatic carbocycles. The lowest BCUT2D eigenvalue weighted by Gasteiger charge is -2.10. The molecule has 92 valence electrons. The summed E-state index contributed by atoms with van der Waals surface area (Å²) < 4.78 is 18.4. The van der Waals surface area contributed by atoms with Gasteiger partial charge < -0.3 is 15.8 Å². The molecule has 17 heavy (non-hydrogen) atoms. The van der Waals surface area contributed by atoms with Gasteiger partial charge in [0.15, 0.2) is 0 Å². The molecule has 0 amide bonds. The van der Waals surface area contributed by atoms with Gasteiger partial charge in [-0.3, -0.25) is 4.79 Å². The van der Waals surface area contributed by atoms with Crippen LogP contribution in [0, 0.1) is 5.82 Å². The highest BCUT2D eigenvalue weighted by Gasteiger charge is 2.18. The Morgan fingerprint density at radius 1 is 1.59 bits per heavy atom. The summed E-state index contributed by atoms with van der Waals surface area (Å²) >= 11 is 0. The van der Waals surface area contributed by atoms with E-state index in [0.717, 1.165) is 13.0 Å². The molecule has 0 saturated carbocycles. The minimum Gasteiger partial charge on any atom is -0.461 e. The van der Waals surface area contributed by atoms with Gasteiger partial charge in [-0.05, 0) is 30.7 Å². The van der Waals surface area contributed by atoms with E-state index in [1.807, 2.05) is 0 Å². The molecule has 1 aromatic carbocycles. The number of ether oxygens (including phenoxy) is 1. The number of hydrogen-bond acceptors (Lipinski definition) is 4. The molecule has 4 nitrogen and oxygen atoms in total. The van der Waals surface area contributed by atoms with Crippen LogP contribution >= 0.6 is 0 Å². The number of anilines is 1. The summed E-state index contributed by atoms with van der Waals surface area (Å²) in [7, 11) is 0. The van der Waals surface area contributed by atoms with Gasteiger partial charge in [-0.1, -0.05) is 6.07 Å². The summed E-state index contributed by atoms with van der Waals surface area (Å²) in [6.45, 7) is 1.57. The van der Waals surface area contributed by atoms with E-state index < -0.39 is 5.82 Å². The first-order valence-corrected chi connectivity index (χ1v) is 5.59. The molecule has 2 rings (SSSR count). The third-order valence-electron chi connectivity index (χ3n) is 2.73. The lowest BCUT2D eigenvalue weighted by Crippen LogP contribution is -2.21. The first-order chi connectivity index (χ1) is 8.15. The first-order valence-electron chi connectivity index (χ1n) is 5.59. The SMILES string of the molecule is Nc1ccc(CC(=O)O[C@H]2CCNC2)cc1F. The molecular weight excluding hydrogens is 223 g/mol. The average molecular weight is 238 g/mol. The summed E-state index contributed by atoms with van der Waals surface area (Å²) in [5, 5.41) is 3.10. The lowest BCUT2D eigenvalue weighted by atomic mass is 10.1. The highest BCUT2D eigenvalue weighted by Crippen LogP contribution is 2.13. The summed E-state index contributed by atoms with van der Waals surface area (Å²) in [4.78, 5) is 11.6. The highest BCUT2D eigenvalue weighted by molar-refractivity contribution is 5.73. The molecule has 0 unspecified atom stereocenters. The lowest BCUT2D eigenvalue weighted by molar-refractivity contribution is -0.147. The number of nitrogens with one attached hydrogen (secondary N) is 1.